The zero-order chi connectivity index (χ0) is 12.0. The molecular weight excluding hydrogens is 204 g/mol. The Balaban J connectivity index is 2.22. The molecule has 4 heteroatoms. The molecule has 2 atom stereocenters. The third-order valence-electron chi connectivity index (χ3n) is 2.98. The van der Waals surface area contributed by atoms with E-state index in [9.17, 15) is 9.90 Å². The first-order chi connectivity index (χ1) is 7.61. The molecule has 0 aromatic rings. The molecule has 0 radical (unpaired) electrons. The Hall–Kier alpha value is -0.610. The molecule has 1 aliphatic heterocycles. The van der Waals surface area contributed by atoms with Crippen LogP contribution in [0.4, 0.5) is 0 Å². The van der Waals surface area contributed by atoms with E-state index < -0.39 is 0 Å². The van der Waals surface area contributed by atoms with E-state index >= 15 is 0 Å². The first kappa shape index (κ1) is 13.5. The van der Waals surface area contributed by atoms with Gasteiger partial charge in [0.2, 0.25) is 5.91 Å². The summed E-state index contributed by atoms with van der Waals surface area (Å²) in [5.74, 6) is 0.0788. The summed E-state index contributed by atoms with van der Waals surface area (Å²) in [6.45, 7) is 6.13. The highest BCUT2D eigenvalue weighted by molar-refractivity contribution is 5.78. The van der Waals surface area contributed by atoms with Gasteiger partial charge in [0.05, 0.1) is 12.6 Å². The molecule has 1 heterocycles. The number of likely N-dealkylation sites (tertiary alicyclic amines) is 1. The van der Waals surface area contributed by atoms with Crippen molar-refractivity contribution in [3.63, 3.8) is 0 Å². The number of carbonyl (C=O) groups excluding carboxylic acids is 1. The molecule has 0 aliphatic carbocycles. The minimum Gasteiger partial charge on any atom is -0.392 e. The molecule has 0 bridgehead atoms. The van der Waals surface area contributed by atoms with E-state index in [-0.39, 0.29) is 18.1 Å². The second-order valence-corrected chi connectivity index (χ2v) is 4.79. The SMILES string of the molecule is CCCC(C)NC(=O)CN1CCCC(O)C1. The number of hydrogen-bond acceptors (Lipinski definition) is 3. The van der Waals surface area contributed by atoms with Crippen molar-refractivity contribution >= 4 is 5.91 Å². The Labute approximate surface area is 98.0 Å². The van der Waals surface area contributed by atoms with Crippen LogP contribution < -0.4 is 5.32 Å². The highest BCUT2D eigenvalue weighted by atomic mass is 16.3. The molecule has 2 unspecified atom stereocenters. The lowest BCUT2D eigenvalue weighted by Gasteiger charge is -2.29. The predicted octanol–water partition coefficient (Wildman–Crippen LogP) is 0.748. The first-order valence-corrected chi connectivity index (χ1v) is 6.31. The zero-order valence-corrected chi connectivity index (χ0v) is 10.4. The number of nitrogens with one attached hydrogen (secondary N) is 1. The maximum atomic E-state index is 11.7. The van der Waals surface area contributed by atoms with E-state index in [4.69, 9.17) is 0 Å². The molecule has 1 aliphatic rings. The second kappa shape index (κ2) is 6.86. The number of hydrogen-bond donors (Lipinski definition) is 2. The van der Waals surface area contributed by atoms with Gasteiger partial charge >= 0.3 is 0 Å². The van der Waals surface area contributed by atoms with Crippen LogP contribution in [0.1, 0.15) is 39.5 Å². The lowest BCUT2D eigenvalue weighted by molar-refractivity contribution is -0.123. The molecule has 0 saturated carbocycles. The summed E-state index contributed by atoms with van der Waals surface area (Å²) in [5.41, 5.74) is 0. The molecule has 4 nitrogen and oxygen atoms in total. The summed E-state index contributed by atoms with van der Waals surface area (Å²) in [5, 5.41) is 12.5. The van der Waals surface area contributed by atoms with Crippen molar-refractivity contribution in [1.82, 2.24) is 10.2 Å². The number of nitrogens with zero attached hydrogens (tertiary/aromatic N) is 1. The third-order valence-corrected chi connectivity index (χ3v) is 2.98. The van der Waals surface area contributed by atoms with Crippen LogP contribution in [0.25, 0.3) is 0 Å². The minimum absolute atomic E-state index is 0.0788. The molecule has 0 aromatic carbocycles. The van der Waals surface area contributed by atoms with Gasteiger partial charge in [-0.05, 0) is 32.7 Å². The molecule has 1 saturated heterocycles. The van der Waals surface area contributed by atoms with E-state index in [2.05, 4.69) is 12.2 Å². The molecule has 0 aromatic heterocycles. The topological polar surface area (TPSA) is 52.6 Å². The van der Waals surface area contributed by atoms with E-state index in [0.717, 1.165) is 32.2 Å². The lowest BCUT2D eigenvalue weighted by Crippen LogP contribution is -2.45. The van der Waals surface area contributed by atoms with E-state index in [0.29, 0.717) is 13.1 Å². The zero-order valence-electron chi connectivity index (χ0n) is 10.4. The maximum Gasteiger partial charge on any atom is 0.234 e. The predicted molar refractivity (Wildman–Crippen MR) is 64.2 cm³/mol. The Bertz CT molecular complexity index is 221. The van der Waals surface area contributed by atoms with Gasteiger partial charge in [0.1, 0.15) is 0 Å². The van der Waals surface area contributed by atoms with Crippen molar-refractivity contribution in [2.24, 2.45) is 0 Å². The number of carbonyl (C=O) groups is 1. The fraction of sp³-hybridized carbons (Fsp3) is 0.917. The summed E-state index contributed by atoms with van der Waals surface area (Å²) in [6, 6.07) is 0.257. The van der Waals surface area contributed by atoms with Gasteiger partial charge in [-0.2, -0.15) is 0 Å². The summed E-state index contributed by atoms with van der Waals surface area (Å²) >= 11 is 0. The molecule has 16 heavy (non-hydrogen) atoms. The number of β-amino-alcohol motifs (C(OH)–C–C–N with tert-alkyl or cyclic N) is 1. The second-order valence-electron chi connectivity index (χ2n) is 4.79. The van der Waals surface area contributed by atoms with Gasteiger partial charge in [0.25, 0.3) is 0 Å². The summed E-state index contributed by atoms with van der Waals surface area (Å²) in [7, 11) is 0. The van der Waals surface area contributed by atoms with Gasteiger partial charge < -0.3 is 10.4 Å². The van der Waals surface area contributed by atoms with Crippen LogP contribution in [0.15, 0.2) is 0 Å². The van der Waals surface area contributed by atoms with E-state index in [1.165, 1.54) is 0 Å². The van der Waals surface area contributed by atoms with Crippen LogP contribution in [0.5, 0.6) is 0 Å². The molecule has 1 amide bonds. The summed E-state index contributed by atoms with van der Waals surface area (Å²) < 4.78 is 0. The maximum absolute atomic E-state index is 11.7. The van der Waals surface area contributed by atoms with Gasteiger partial charge in [-0.1, -0.05) is 13.3 Å². The Kier molecular flexibility index (Phi) is 5.77. The van der Waals surface area contributed by atoms with Gasteiger partial charge in [-0.15, -0.1) is 0 Å². The summed E-state index contributed by atoms with van der Waals surface area (Å²) in [4.78, 5) is 13.7. The minimum atomic E-state index is -0.255. The number of rotatable bonds is 5. The van der Waals surface area contributed by atoms with Crippen molar-refractivity contribution < 1.29 is 9.90 Å². The van der Waals surface area contributed by atoms with Crippen LogP contribution in [0.3, 0.4) is 0 Å². The highest BCUT2D eigenvalue weighted by Gasteiger charge is 2.19. The number of aliphatic hydroxyl groups is 1. The van der Waals surface area contributed by atoms with Crippen molar-refractivity contribution in [3.8, 4) is 0 Å². The highest BCUT2D eigenvalue weighted by Crippen LogP contribution is 2.09. The fourth-order valence-corrected chi connectivity index (χ4v) is 2.20. The fourth-order valence-electron chi connectivity index (χ4n) is 2.20. The quantitative estimate of drug-likeness (QED) is 0.730. The van der Waals surface area contributed by atoms with Gasteiger partial charge in [-0.3, -0.25) is 9.69 Å². The standard InChI is InChI=1S/C12H24N2O2/c1-3-5-10(2)13-12(16)9-14-7-4-6-11(15)8-14/h10-11,15H,3-9H2,1-2H3,(H,13,16). The monoisotopic (exact) mass is 228 g/mol. The Morgan fingerprint density at radius 1 is 1.62 bits per heavy atom. The average Bonchev–Trinajstić information content (AvgIpc) is 2.17. The van der Waals surface area contributed by atoms with Gasteiger partial charge in [0, 0.05) is 12.6 Å². The Morgan fingerprint density at radius 2 is 2.38 bits per heavy atom. The van der Waals surface area contributed by atoms with Crippen molar-refractivity contribution in [2.45, 2.75) is 51.7 Å². The van der Waals surface area contributed by atoms with Crippen LogP contribution in [-0.2, 0) is 4.79 Å². The normalized spacial score (nSPS) is 24.1. The van der Waals surface area contributed by atoms with Crippen LogP contribution in [-0.4, -0.2) is 47.7 Å². The molecular formula is C12H24N2O2. The van der Waals surface area contributed by atoms with Crippen LogP contribution in [0, 0.1) is 0 Å². The first-order valence-electron chi connectivity index (χ1n) is 6.31. The lowest BCUT2D eigenvalue weighted by atomic mass is 10.1. The van der Waals surface area contributed by atoms with Gasteiger partial charge in [-0.25, -0.2) is 0 Å². The molecule has 2 N–H and O–H groups in total. The van der Waals surface area contributed by atoms with Crippen molar-refractivity contribution in [3.05, 3.63) is 0 Å². The van der Waals surface area contributed by atoms with E-state index in [1.807, 2.05) is 11.8 Å². The van der Waals surface area contributed by atoms with Crippen LogP contribution in [0.2, 0.25) is 0 Å². The largest absolute Gasteiger partial charge is 0.392 e. The van der Waals surface area contributed by atoms with Crippen molar-refractivity contribution in [1.29, 1.82) is 0 Å². The third kappa shape index (κ3) is 4.94. The number of aliphatic hydroxyl groups excluding tert-OH is 1. The number of amides is 1. The molecule has 1 rings (SSSR count). The average molecular weight is 228 g/mol. The molecule has 94 valence electrons. The summed E-state index contributed by atoms with van der Waals surface area (Å²) in [6.07, 6.45) is 3.70. The Morgan fingerprint density at radius 3 is 3.00 bits per heavy atom. The van der Waals surface area contributed by atoms with Gasteiger partial charge in [0.15, 0.2) is 0 Å². The van der Waals surface area contributed by atoms with Crippen molar-refractivity contribution in [2.75, 3.05) is 19.6 Å². The smallest absolute Gasteiger partial charge is 0.234 e. The number of piperidine rings is 1. The van der Waals surface area contributed by atoms with Crippen LogP contribution >= 0.6 is 0 Å². The molecule has 1 fully saturated rings. The van der Waals surface area contributed by atoms with E-state index in [1.54, 1.807) is 0 Å². The molecule has 0 spiro atoms.